The summed E-state index contributed by atoms with van der Waals surface area (Å²) in [6, 6.07) is 6.01. The van der Waals surface area contributed by atoms with Crippen LogP contribution in [-0.2, 0) is 4.79 Å². The lowest BCUT2D eigenvalue weighted by atomic mass is 10.1. The average Bonchev–Trinajstić information content (AvgIpc) is 2.10. The summed E-state index contributed by atoms with van der Waals surface area (Å²) in [4.78, 5) is 10.5. The van der Waals surface area contributed by atoms with E-state index < -0.39 is 0 Å². The van der Waals surface area contributed by atoms with Crippen molar-refractivity contribution in [2.45, 2.75) is 13.3 Å². The predicted molar refractivity (Wildman–Crippen MR) is 61.7 cm³/mol. The lowest BCUT2D eigenvalue weighted by Gasteiger charge is -1.98. The number of rotatable bonds is 3. The van der Waals surface area contributed by atoms with Crippen LogP contribution >= 0.6 is 15.9 Å². The molecule has 0 aromatic heterocycles. The van der Waals surface area contributed by atoms with Gasteiger partial charge in [0.2, 0.25) is 5.91 Å². The number of hydrogen-bond acceptors (Lipinski definition) is 1. The van der Waals surface area contributed by atoms with E-state index in [1.807, 2.05) is 31.2 Å². The van der Waals surface area contributed by atoms with E-state index in [2.05, 4.69) is 15.9 Å². The summed E-state index contributed by atoms with van der Waals surface area (Å²) in [5.41, 5.74) is 7.26. The summed E-state index contributed by atoms with van der Waals surface area (Å²) in [7, 11) is 0. The number of carbonyl (C=O) groups is 1. The van der Waals surface area contributed by atoms with Crippen LogP contribution in [0.3, 0.4) is 0 Å². The van der Waals surface area contributed by atoms with E-state index in [4.69, 9.17) is 5.73 Å². The van der Waals surface area contributed by atoms with Gasteiger partial charge in [0.05, 0.1) is 0 Å². The number of carbonyl (C=O) groups excluding carboxylic acids is 1. The van der Waals surface area contributed by atoms with Gasteiger partial charge >= 0.3 is 0 Å². The summed E-state index contributed by atoms with van der Waals surface area (Å²) in [6.45, 7) is 2.02. The number of nitrogens with two attached hydrogens (primary N) is 1. The first kappa shape index (κ1) is 11.0. The normalized spacial score (nSPS) is 10.7. The largest absolute Gasteiger partial charge is 0.369 e. The molecule has 0 bridgehead atoms. The lowest BCUT2D eigenvalue weighted by Crippen LogP contribution is -2.07. The number of hydrogen-bond donors (Lipinski definition) is 1. The zero-order valence-electron chi connectivity index (χ0n) is 7.96. The number of halogens is 1. The Labute approximate surface area is 91.9 Å². The monoisotopic (exact) mass is 253 g/mol. The van der Waals surface area contributed by atoms with E-state index in [9.17, 15) is 4.79 Å². The zero-order chi connectivity index (χ0) is 10.6. The highest BCUT2D eigenvalue weighted by molar-refractivity contribution is 9.10. The van der Waals surface area contributed by atoms with Gasteiger partial charge in [0.15, 0.2) is 0 Å². The maximum absolute atomic E-state index is 10.5. The van der Waals surface area contributed by atoms with Crippen LogP contribution in [0.15, 0.2) is 28.7 Å². The Hall–Kier alpha value is -1.09. The van der Waals surface area contributed by atoms with Gasteiger partial charge in [0.1, 0.15) is 0 Å². The van der Waals surface area contributed by atoms with Crippen LogP contribution in [0.25, 0.3) is 6.08 Å². The van der Waals surface area contributed by atoms with Crippen LogP contribution in [0.2, 0.25) is 0 Å². The van der Waals surface area contributed by atoms with Gasteiger partial charge in [-0.2, -0.15) is 0 Å². The molecule has 2 N–H and O–H groups in total. The Kier molecular flexibility index (Phi) is 3.89. The third kappa shape index (κ3) is 3.34. The molecular weight excluding hydrogens is 242 g/mol. The molecule has 1 amide bonds. The van der Waals surface area contributed by atoms with Crippen molar-refractivity contribution in [3.8, 4) is 0 Å². The first-order valence-corrected chi connectivity index (χ1v) is 5.10. The molecule has 1 rings (SSSR count). The minimum atomic E-state index is -0.310. The molecule has 0 atom stereocenters. The third-order valence-corrected chi connectivity index (χ3v) is 2.70. The minimum Gasteiger partial charge on any atom is -0.369 e. The molecule has 3 heteroatoms. The lowest BCUT2D eigenvalue weighted by molar-refractivity contribution is -0.117. The summed E-state index contributed by atoms with van der Waals surface area (Å²) in [5.74, 6) is -0.310. The van der Waals surface area contributed by atoms with Gasteiger partial charge in [0.25, 0.3) is 0 Å². The number of benzene rings is 1. The fourth-order valence-corrected chi connectivity index (χ4v) is 1.33. The molecule has 0 saturated carbocycles. The molecule has 0 aliphatic carbocycles. The quantitative estimate of drug-likeness (QED) is 0.885. The Morgan fingerprint density at radius 1 is 1.57 bits per heavy atom. The van der Waals surface area contributed by atoms with E-state index >= 15 is 0 Å². The maximum Gasteiger partial charge on any atom is 0.221 e. The number of primary amides is 1. The Morgan fingerprint density at radius 2 is 2.29 bits per heavy atom. The molecule has 0 fully saturated rings. The third-order valence-electron chi connectivity index (χ3n) is 1.81. The maximum atomic E-state index is 10.5. The molecule has 0 aliphatic heterocycles. The minimum absolute atomic E-state index is 0.287. The van der Waals surface area contributed by atoms with Crippen molar-refractivity contribution in [2.24, 2.45) is 5.73 Å². The van der Waals surface area contributed by atoms with E-state index in [1.165, 1.54) is 5.56 Å². The van der Waals surface area contributed by atoms with Gasteiger partial charge in [-0.05, 0) is 24.1 Å². The summed E-state index contributed by atoms with van der Waals surface area (Å²) < 4.78 is 1.09. The van der Waals surface area contributed by atoms with Crippen molar-refractivity contribution in [1.29, 1.82) is 0 Å². The molecule has 1 aromatic carbocycles. The Bertz CT molecular complexity index is 372. The highest BCUT2D eigenvalue weighted by Crippen LogP contribution is 2.17. The second-order valence-corrected chi connectivity index (χ2v) is 3.94. The van der Waals surface area contributed by atoms with Crippen LogP contribution in [0.4, 0.5) is 0 Å². The molecule has 0 saturated heterocycles. The van der Waals surface area contributed by atoms with Gasteiger partial charge in [0, 0.05) is 10.9 Å². The van der Waals surface area contributed by atoms with Crippen molar-refractivity contribution >= 4 is 27.9 Å². The highest BCUT2D eigenvalue weighted by atomic mass is 79.9. The van der Waals surface area contributed by atoms with Crippen LogP contribution < -0.4 is 5.73 Å². The molecule has 14 heavy (non-hydrogen) atoms. The van der Waals surface area contributed by atoms with Crippen LogP contribution in [0, 0.1) is 6.92 Å². The van der Waals surface area contributed by atoms with Gasteiger partial charge in [-0.3, -0.25) is 4.79 Å². The fraction of sp³-hybridized carbons (Fsp3) is 0.182. The summed E-state index contributed by atoms with van der Waals surface area (Å²) in [6.07, 6.45) is 3.95. The summed E-state index contributed by atoms with van der Waals surface area (Å²) >= 11 is 3.42. The van der Waals surface area contributed by atoms with Crippen molar-refractivity contribution in [1.82, 2.24) is 0 Å². The number of amides is 1. The molecule has 0 unspecified atom stereocenters. The average molecular weight is 254 g/mol. The smallest absolute Gasteiger partial charge is 0.221 e. The standard InChI is InChI=1S/C11H12BrNO/c1-8-7-9(5-6-10(8)12)3-2-4-11(13)14/h2-3,5-7H,4H2,1H3,(H2,13,14). The molecule has 0 aliphatic rings. The van der Waals surface area contributed by atoms with Crippen molar-refractivity contribution in [2.75, 3.05) is 0 Å². The second-order valence-electron chi connectivity index (χ2n) is 3.08. The van der Waals surface area contributed by atoms with Gasteiger partial charge in [-0.1, -0.05) is 40.2 Å². The molecule has 0 spiro atoms. The molecule has 0 heterocycles. The van der Waals surface area contributed by atoms with Gasteiger partial charge in [-0.25, -0.2) is 0 Å². The van der Waals surface area contributed by atoms with E-state index in [0.29, 0.717) is 0 Å². The highest BCUT2D eigenvalue weighted by Gasteiger charge is 1.94. The molecule has 0 radical (unpaired) electrons. The van der Waals surface area contributed by atoms with Gasteiger partial charge in [-0.15, -0.1) is 0 Å². The van der Waals surface area contributed by atoms with E-state index in [0.717, 1.165) is 10.0 Å². The van der Waals surface area contributed by atoms with E-state index in [-0.39, 0.29) is 12.3 Å². The van der Waals surface area contributed by atoms with Crippen molar-refractivity contribution < 1.29 is 4.79 Å². The molecule has 2 nitrogen and oxygen atoms in total. The van der Waals surface area contributed by atoms with E-state index in [1.54, 1.807) is 6.08 Å². The van der Waals surface area contributed by atoms with Crippen LogP contribution in [0.5, 0.6) is 0 Å². The second kappa shape index (κ2) is 4.96. The van der Waals surface area contributed by atoms with Crippen LogP contribution in [0.1, 0.15) is 17.5 Å². The van der Waals surface area contributed by atoms with Crippen LogP contribution in [-0.4, -0.2) is 5.91 Å². The fourth-order valence-electron chi connectivity index (χ4n) is 1.08. The van der Waals surface area contributed by atoms with Gasteiger partial charge < -0.3 is 5.73 Å². The molecule has 74 valence electrons. The topological polar surface area (TPSA) is 43.1 Å². The Balaban J connectivity index is 2.73. The summed E-state index contributed by atoms with van der Waals surface area (Å²) in [5, 5.41) is 0. The first-order valence-electron chi connectivity index (χ1n) is 4.30. The molecule has 1 aromatic rings. The number of aryl methyl sites for hydroxylation is 1. The molecular formula is C11H12BrNO. The predicted octanol–water partition coefficient (Wildman–Crippen LogP) is 2.65. The first-order chi connectivity index (χ1) is 6.59. The Morgan fingerprint density at radius 3 is 2.86 bits per heavy atom. The zero-order valence-corrected chi connectivity index (χ0v) is 9.54. The van der Waals surface area contributed by atoms with Crippen molar-refractivity contribution in [3.05, 3.63) is 39.9 Å². The van der Waals surface area contributed by atoms with Crippen molar-refractivity contribution in [3.63, 3.8) is 0 Å². The SMILES string of the molecule is Cc1cc(C=CCC(N)=O)ccc1Br.